The van der Waals surface area contributed by atoms with Crippen molar-refractivity contribution in [3.63, 3.8) is 0 Å². The van der Waals surface area contributed by atoms with Crippen LogP contribution in [0.15, 0.2) is 6.20 Å². The van der Waals surface area contributed by atoms with Crippen molar-refractivity contribution < 1.29 is 8.42 Å². The first kappa shape index (κ1) is 15.0. The average molecular weight is 311 g/mol. The molecule has 2 fully saturated rings. The molecule has 1 unspecified atom stereocenters. The maximum Gasteiger partial charge on any atom is 0.216 e. The second kappa shape index (κ2) is 5.39. The smallest absolute Gasteiger partial charge is 0.216 e. The second-order valence-corrected chi connectivity index (χ2v) is 9.14. The van der Waals surface area contributed by atoms with E-state index in [2.05, 4.69) is 16.5 Å². The summed E-state index contributed by atoms with van der Waals surface area (Å²) < 4.78 is 28.8. The van der Waals surface area contributed by atoms with Gasteiger partial charge in [0.25, 0.3) is 0 Å². The number of rotatable bonds is 4. The molecule has 5 nitrogen and oxygen atoms in total. The fourth-order valence-corrected chi connectivity index (χ4v) is 4.60. The molecule has 118 valence electrons. The molecule has 1 atom stereocenters. The number of imidazole rings is 1. The first-order valence-corrected chi connectivity index (χ1v) is 9.44. The molecule has 1 saturated heterocycles. The molecular formula is C15H25N3O2S. The van der Waals surface area contributed by atoms with E-state index < -0.39 is 10.0 Å². The molecule has 21 heavy (non-hydrogen) atoms. The lowest BCUT2D eigenvalue weighted by atomic mass is 10.1. The van der Waals surface area contributed by atoms with Gasteiger partial charge in [0.1, 0.15) is 5.82 Å². The Morgan fingerprint density at radius 3 is 2.62 bits per heavy atom. The maximum atomic E-state index is 12.4. The minimum atomic E-state index is -3.15. The fraction of sp³-hybridized carbons (Fsp3) is 0.800. The predicted octanol–water partition coefficient (Wildman–Crippen LogP) is 2.44. The highest BCUT2D eigenvalue weighted by atomic mass is 32.2. The molecule has 1 aromatic heterocycles. The van der Waals surface area contributed by atoms with Crippen molar-refractivity contribution in [2.45, 2.75) is 63.7 Å². The van der Waals surface area contributed by atoms with E-state index in [1.165, 1.54) is 18.7 Å². The molecule has 0 N–H and O–H groups in total. The van der Waals surface area contributed by atoms with Gasteiger partial charge in [-0.3, -0.25) is 0 Å². The lowest BCUT2D eigenvalue weighted by molar-refractivity contribution is 0.259. The molecule has 1 aliphatic heterocycles. The Morgan fingerprint density at radius 1 is 1.29 bits per heavy atom. The van der Waals surface area contributed by atoms with Crippen LogP contribution in [0.4, 0.5) is 0 Å². The van der Waals surface area contributed by atoms with E-state index in [0.29, 0.717) is 19.0 Å². The summed E-state index contributed by atoms with van der Waals surface area (Å²) >= 11 is 0. The van der Waals surface area contributed by atoms with Crippen molar-refractivity contribution in [2.75, 3.05) is 13.1 Å². The van der Waals surface area contributed by atoms with Crippen molar-refractivity contribution in [1.82, 2.24) is 13.9 Å². The third-order valence-electron chi connectivity index (χ3n) is 4.63. The molecule has 0 spiro atoms. The van der Waals surface area contributed by atoms with Crippen molar-refractivity contribution in [1.29, 1.82) is 0 Å². The van der Waals surface area contributed by atoms with E-state index in [1.54, 1.807) is 18.2 Å². The molecule has 6 heteroatoms. The minimum absolute atomic E-state index is 0.241. The van der Waals surface area contributed by atoms with Crippen LogP contribution < -0.4 is 0 Å². The van der Waals surface area contributed by atoms with Gasteiger partial charge in [0.15, 0.2) is 0 Å². The normalized spacial score (nSPS) is 24.7. The summed E-state index contributed by atoms with van der Waals surface area (Å²) in [6.07, 6.45) is 6.34. The molecule has 3 rings (SSSR count). The summed E-state index contributed by atoms with van der Waals surface area (Å²) in [5, 5.41) is -0.344. The van der Waals surface area contributed by atoms with E-state index in [4.69, 9.17) is 0 Å². The highest BCUT2D eigenvalue weighted by molar-refractivity contribution is 7.89. The van der Waals surface area contributed by atoms with Crippen LogP contribution in [0.25, 0.3) is 0 Å². The number of aryl methyl sites for hydroxylation is 1. The van der Waals surface area contributed by atoms with Crippen LogP contribution in [0.5, 0.6) is 0 Å². The molecule has 2 aliphatic rings. The standard InChI is InChI=1S/C15H25N3O2S/c1-11(2)21(19,20)17-8-4-5-14(10-17)18-12(3)9-16-15(18)13-6-7-13/h9,11,13-14H,4-8,10H2,1-3H3. The van der Waals surface area contributed by atoms with E-state index in [0.717, 1.165) is 18.5 Å². The summed E-state index contributed by atoms with van der Waals surface area (Å²) in [7, 11) is -3.15. The Balaban J connectivity index is 1.85. The Kier molecular flexibility index (Phi) is 3.86. The number of sulfonamides is 1. The fourth-order valence-electron chi connectivity index (χ4n) is 3.24. The van der Waals surface area contributed by atoms with Crippen LogP contribution in [0, 0.1) is 6.92 Å². The molecule has 1 saturated carbocycles. The molecule has 1 aromatic rings. The van der Waals surface area contributed by atoms with Gasteiger partial charge >= 0.3 is 0 Å². The summed E-state index contributed by atoms with van der Waals surface area (Å²) in [6, 6.07) is 0.241. The third kappa shape index (κ3) is 2.75. The van der Waals surface area contributed by atoms with Crippen molar-refractivity contribution in [3.8, 4) is 0 Å². The summed E-state index contributed by atoms with van der Waals surface area (Å²) in [4.78, 5) is 4.57. The van der Waals surface area contributed by atoms with Crippen molar-refractivity contribution in [3.05, 3.63) is 17.7 Å². The SMILES string of the molecule is Cc1cnc(C2CC2)n1C1CCCN(S(=O)(=O)C(C)C)C1. The van der Waals surface area contributed by atoms with Gasteiger partial charge in [-0.15, -0.1) is 0 Å². The average Bonchev–Trinajstić information content (AvgIpc) is 3.22. The lowest BCUT2D eigenvalue weighted by Gasteiger charge is -2.35. The van der Waals surface area contributed by atoms with Gasteiger partial charge in [0.2, 0.25) is 10.0 Å². The third-order valence-corrected chi connectivity index (χ3v) is 6.88. The number of aromatic nitrogens is 2. The van der Waals surface area contributed by atoms with Crippen LogP contribution in [-0.2, 0) is 10.0 Å². The summed E-state index contributed by atoms with van der Waals surface area (Å²) in [5.41, 5.74) is 1.16. The van der Waals surface area contributed by atoms with Gasteiger partial charge < -0.3 is 4.57 Å². The number of hydrogen-bond acceptors (Lipinski definition) is 3. The second-order valence-electron chi connectivity index (χ2n) is 6.65. The quantitative estimate of drug-likeness (QED) is 0.858. The Hall–Kier alpha value is -0.880. The molecule has 0 bridgehead atoms. The van der Waals surface area contributed by atoms with Crippen LogP contribution in [0.3, 0.4) is 0 Å². The van der Waals surface area contributed by atoms with Gasteiger partial charge in [-0.25, -0.2) is 13.4 Å². The maximum absolute atomic E-state index is 12.4. The molecular weight excluding hydrogens is 286 g/mol. The largest absolute Gasteiger partial charge is 0.328 e. The lowest BCUT2D eigenvalue weighted by Crippen LogP contribution is -2.44. The Labute approximate surface area is 127 Å². The molecule has 0 radical (unpaired) electrons. The molecule has 2 heterocycles. The van der Waals surface area contributed by atoms with E-state index >= 15 is 0 Å². The first-order valence-electron chi connectivity index (χ1n) is 7.94. The Morgan fingerprint density at radius 2 is 2.00 bits per heavy atom. The monoisotopic (exact) mass is 311 g/mol. The van der Waals surface area contributed by atoms with Crippen LogP contribution in [0.2, 0.25) is 0 Å². The molecule has 1 aliphatic carbocycles. The van der Waals surface area contributed by atoms with Crippen LogP contribution in [-0.4, -0.2) is 40.6 Å². The topological polar surface area (TPSA) is 55.2 Å². The van der Waals surface area contributed by atoms with Gasteiger partial charge in [0, 0.05) is 36.9 Å². The first-order chi connectivity index (χ1) is 9.91. The molecule has 0 amide bonds. The summed E-state index contributed by atoms with van der Waals surface area (Å²) in [6.45, 7) is 6.85. The van der Waals surface area contributed by atoms with Gasteiger partial charge in [-0.1, -0.05) is 0 Å². The minimum Gasteiger partial charge on any atom is -0.328 e. The number of nitrogens with zero attached hydrogens (tertiary/aromatic N) is 3. The van der Waals surface area contributed by atoms with E-state index in [9.17, 15) is 8.42 Å². The number of piperidine rings is 1. The van der Waals surface area contributed by atoms with E-state index in [-0.39, 0.29) is 11.3 Å². The zero-order chi connectivity index (χ0) is 15.2. The van der Waals surface area contributed by atoms with Crippen LogP contribution in [0.1, 0.15) is 63.0 Å². The highest BCUT2D eigenvalue weighted by Crippen LogP contribution is 2.41. The van der Waals surface area contributed by atoms with Crippen molar-refractivity contribution >= 4 is 10.0 Å². The molecule has 0 aromatic carbocycles. The zero-order valence-corrected chi connectivity index (χ0v) is 13.9. The van der Waals surface area contributed by atoms with Crippen LogP contribution >= 0.6 is 0 Å². The van der Waals surface area contributed by atoms with Gasteiger partial charge in [-0.2, -0.15) is 4.31 Å². The Bertz CT molecular complexity index is 617. The highest BCUT2D eigenvalue weighted by Gasteiger charge is 2.35. The zero-order valence-electron chi connectivity index (χ0n) is 13.1. The van der Waals surface area contributed by atoms with Gasteiger partial charge in [-0.05, 0) is 46.5 Å². The van der Waals surface area contributed by atoms with Crippen molar-refractivity contribution in [2.24, 2.45) is 0 Å². The van der Waals surface area contributed by atoms with Gasteiger partial charge in [0.05, 0.1) is 5.25 Å². The summed E-state index contributed by atoms with van der Waals surface area (Å²) in [5.74, 6) is 1.76. The number of hydrogen-bond donors (Lipinski definition) is 0. The predicted molar refractivity (Wildman–Crippen MR) is 82.8 cm³/mol. The van der Waals surface area contributed by atoms with E-state index in [1.807, 2.05) is 6.20 Å².